The first-order valence-corrected chi connectivity index (χ1v) is 6.83. The van der Waals surface area contributed by atoms with E-state index in [-0.39, 0.29) is 24.1 Å². The number of hydrogen-bond donors (Lipinski definition) is 2. The number of carbonyl (C=O) groups is 2. The van der Waals surface area contributed by atoms with Crippen LogP contribution in [0.3, 0.4) is 0 Å². The molecular formula is C14H16FN5O3. The minimum atomic E-state index is -0.666. The zero-order valence-corrected chi connectivity index (χ0v) is 12.5. The van der Waals surface area contributed by atoms with E-state index in [1.54, 1.807) is 12.1 Å². The fourth-order valence-corrected chi connectivity index (χ4v) is 1.79. The van der Waals surface area contributed by atoms with Gasteiger partial charge < -0.3 is 10.1 Å². The number of benzene rings is 1. The van der Waals surface area contributed by atoms with E-state index in [0.717, 1.165) is 5.56 Å². The Balaban J connectivity index is 1.74. The summed E-state index contributed by atoms with van der Waals surface area (Å²) >= 11 is 0. The van der Waals surface area contributed by atoms with Gasteiger partial charge in [-0.15, -0.1) is 5.10 Å². The number of ether oxygens (including phenoxy) is 1. The van der Waals surface area contributed by atoms with E-state index in [1.807, 2.05) is 0 Å². The van der Waals surface area contributed by atoms with Crippen LogP contribution in [0, 0.1) is 5.82 Å². The van der Waals surface area contributed by atoms with Crippen LogP contribution in [0.1, 0.15) is 5.56 Å². The minimum Gasteiger partial charge on any atom is -0.453 e. The fourth-order valence-electron chi connectivity index (χ4n) is 1.79. The first-order valence-electron chi connectivity index (χ1n) is 6.83. The molecule has 1 heterocycles. The number of carbonyl (C=O) groups excluding carboxylic acids is 2. The van der Waals surface area contributed by atoms with E-state index >= 15 is 0 Å². The summed E-state index contributed by atoms with van der Waals surface area (Å²) < 4.78 is 18.5. The van der Waals surface area contributed by atoms with Crippen molar-refractivity contribution < 1.29 is 18.7 Å². The molecule has 2 N–H and O–H groups in total. The predicted octanol–water partition coefficient (Wildman–Crippen LogP) is 0.954. The van der Waals surface area contributed by atoms with Crippen LogP contribution >= 0.6 is 0 Å². The lowest BCUT2D eigenvalue weighted by molar-refractivity contribution is -0.121. The molecule has 0 spiro atoms. The molecule has 0 aliphatic rings. The summed E-state index contributed by atoms with van der Waals surface area (Å²) in [5.74, 6) is -0.349. The monoisotopic (exact) mass is 321 g/mol. The van der Waals surface area contributed by atoms with E-state index in [4.69, 9.17) is 0 Å². The van der Waals surface area contributed by atoms with Gasteiger partial charge in [-0.05, 0) is 24.1 Å². The topological polar surface area (TPSA) is 98.1 Å². The third-order valence-corrected chi connectivity index (χ3v) is 2.91. The number of rotatable bonds is 6. The van der Waals surface area contributed by atoms with Crippen molar-refractivity contribution in [2.75, 3.05) is 19.0 Å². The Morgan fingerprint density at radius 3 is 2.74 bits per heavy atom. The number of nitrogens with zero attached hydrogens (tertiary/aromatic N) is 3. The van der Waals surface area contributed by atoms with Crippen molar-refractivity contribution >= 4 is 17.8 Å². The smallest absolute Gasteiger partial charge is 0.412 e. The van der Waals surface area contributed by atoms with Crippen molar-refractivity contribution in [1.29, 1.82) is 0 Å². The summed E-state index contributed by atoms with van der Waals surface area (Å²) in [5.41, 5.74) is 0.928. The molecule has 2 aromatic rings. The predicted molar refractivity (Wildman–Crippen MR) is 79.2 cm³/mol. The molecule has 122 valence electrons. The zero-order chi connectivity index (χ0) is 16.7. The van der Waals surface area contributed by atoms with E-state index in [9.17, 15) is 14.0 Å². The Labute approximate surface area is 131 Å². The number of hydrogen-bond acceptors (Lipinski definition) is 5. The van der Waals surface area contributed by atoms with E-state index in [0.29, 0.717) is 13.0 Å². The van der Waals surface area contributed by atoms with Crippen LogP contribution in [0.5, 0.6) is 0 Å². The van der Waals surface area contributed by atoms with Crippen molar-refractivity contribution in [3.8, 4) is 0 Å². The third-order valence-electron chi connectivity index (χ3n) is 2.91. The average molecular weight is 321 g/mol. The first kappa shape index (κ1) is 16.4. The maximum atomic E-state index is 12.8. The normalized spacial score (nSPS) is 10.2. The van der Waals surface area contributed by atoms with Gasteiger partial charge in [-0.25, -0.2) is 13.9 Å². The number of aromatic nitrogens is 3. The highest BCUT2D eigenvalue weighted by Crippen LogP contribution is 2.03. The van der Waals surface area contributed by atoms with E-state index < -0.39 is 6.09 Å². The molecule has 2 amide bonds. The van der Waals surface area contributed by atoms with Crippen LogP contribution in [0.2, 0.25) is 0 Å². The summed E-state index contributed by atoms with van der Waals surface area (Å²) in [6.07, 6.45) is 1.34. The SMILES string of the molecule is COC(=O)Nc1cn(CC(=O)NCCc2ccc(F)cc2)nn1. The Morgan fingerprint density at radius 2 is 2.04 bits per heavy atom. The molecule has 9 heteroatoms. The molecule has 23 heavy (non-hydrogen) atoms. The molecule has 0 aliphatic heterocycles. The quantitative estimate of drug-likeness (QED) is 0.825. The summed E-state index contributed by atoms with van der Waals surface area (Å²) in [6.45, 7) is 0.395. The zero-order valence-electron chi connectivity index (χ0n) is 12.5. The summed E-state index contributed by atoms with van der Waals surface area (Å²) in [6, 6.07) is 6.10. The summed E-state index contributed by atoms with van der Waals surface area (Å²) in [7, 11) is 1.23. The lowest BCUT2D eigenvalue weighted by Gasteiger charge is -2.05. The molecule has 0 bridgehead atoms. The largest absolute Gasteiger partial charge is 0.453 e. The van der Waals surface area contributed by atoms with Crippen molar-refractivity contribution in [3.63, 3.8) is 0 Å². The Hall–Kier alpha value is -2.97. The maximum Gasteiger partial charge on any atom is 0.412 e. The Morgan fingerprint density at radius 1 is 1.30 bits per heavy atom. The number of amides is 2. The van der Waals surface area contributed by atoms with Gasteiger partial charge in [0, 0.05) is 6.54 Å². The second-order valence-electron chi connectivity index (χ2n) is 4.64. The van der Waals surface area contributed by atoms with E-state index in [1.165, 1.54) is 30.1 Å². The molecule has 8 nitrogen and oxygen atoms in total. The number of methoxy groups -OCH3 is 1. The fraction of sp³-hybridized carbons (Fsp3) is 0.286. The first-order chi connectivity index (χ1) is 11.1. The standard InChI is InChI=1S/C14H16FN5O3/c1-23-14(22)17-12-8-20(19-18-12)9-13(21)16-7-6-10-2-4-11(15)5-3-10/h2-5,8H,6-7,9H2,1H3,(H,16,21)(H,17,22). The maximum absolute atomic E-state index is 12.8. The van der Waals surface area contributed by atoms with Gasteiger partial charge in [0.15, 0.2) is 5.82 Å². The molecule has 2 rings (SSSR count). The highest BCUT2D eigenvalue weighted by Gasteiger charge is 2.08. The average Bonchev–Trinajstić information content (AvgIpc) is 2.96. The molecule has 0 saturated heterocycles. The molecular weight excluding hydrogens is 305 g/mol. The highest BCUT2D eigenvalue weighted by molar-refractivity contribution is 5.82. The highest BCUT2D eigenvalue weighted by atomic mass is 19.1. The number of nitrogens with one attached hydrogen (secondary N) is 2. The minimum absolute atomic E-state index is 0.0285. The van der Waals surface area contributed by atoms with Gasteiger partial charge >= 0.3 is 6.09 Å². The second-order valence-corrected chi connectivity index (χ2v) is 4.64. The van der Waals surface area contributed by atoms with Gasteiger partial charge in [0.25, 0.3) is 0 Å². The van der Waals surface area contributed by atoms with Crippen LogP contribution in [-0.4, -0.2) is 40.6 Å². The van der Waals surface area contributed by atoms with Crippen LogP contribution in [0.25, 0.3) is 0 Å². The van der Waals surface area contributed by atoms with E-state index in [2.05, 4.69) is 25.7 Å². The third kappa shape index (κ3) is 5.38. The van der Waals surface area contributed by atoms with Crippen molar-refractivity contribution in [2.24, 2.45) is 0 Å². The van der Waals surface area contributed by atoms with Gasteiger partial charge in [-0.3, -0.25) is 10.1 Å². The van der Waals surface area contributed by atoms with Gasteiger partial charge in [0.05, 0.1) is 13.3 Å². The van der Waals surface area contributed by atoms with Crippen molar-refractivity contribution in [1.82, 2.24) is 20.3 Å². The second kappa shape index (κ2) is 7.87. The number of halogens is 1. The van der Waals surface area contributed by atoms with Gasteiger partial charge in [-0.1, -0.05) is 17.3 Å². The number of anilines is 1. The van der Waals surface area contributed by atoms with Gasteiger partial charge in [0.2, 0.25) is 5.91 Å². The molecule has 0 saturated carbocycles. The van der Waals surface area contributed by atoms with Crippen LogP contribution in [0.15, 0.2) is 30.5 Å². The Bertz CT molecular complexity index is 671. The van der Waals surface area contributed by atoms with Crippen molar-refractivity contribution in [2.45, 2.75) is 13.0 Å². The molecule has 1 aromatic carbocycles. The van der Waals surface area contributed by atoms with Gasteiger partial charge in [-0.2, -0.15) is 0 Å². The summed E-state index contributed by atoms with van der Waals surface area (Å²) in [4.78, 5) is 22.8. The lowest BCUT2D eigenvalue weighted by Crippen LogP contribution is -2.29. The molecule has 0 unspecified atom stereocenters. The molecule has 0 atom stereocenters. The lowest BCUT2D eigenvalue weighted by atomic mass is 10.1. The van der Waals surface area contributed by atoms with Crippen molar-refractivity contribution in [3.05, 3.63) is 41.8 Å². The summed E-state index contributed by atoms with van der Waals surface area (Å²) in [5, 5.41) is 12.5. The van der Waals surface area contributed by atoms with Crippen LogP contribution in [0.4, 0.5) is 15.0 Å². The van der Waals surface area contributed by atoms with Gasteiger partial charge in [0.1, 0.15) is 12.4 Å². The molecule has 0 aliphatic carbocycles. The molecule has 0 radical (unpaired) electrons. The van der Waals surface area contributed by atoms with Crippen LogP contribution < -0.4 is 10.6 Å². The molecule has 1 aromatic heterocycles. The van der Waals surface area contributed by atoms with Crippen LogP contribution in [-0.2, 0) is 22.5 Å². The molecule has 0 fully saturated rings. The Kier molecular flexibility index (Phi) is 5.61.